The number of piperidine rings is 1. The van der Waals surface area contributed by atoms with Crippen molar-refractivity contribution < 1.29 is 0 Å². The summed E-state index contributed by atoms with van der Waals surface area (Å²) in [6.45, 7) is 8.74. The average Bonchev–Trinajstić information content (AvgIpc) is 2.96. The maximum absolute atomic E-state index is 4.39. The van der Waals surface area contributed by atoms with Crippen molar-refractivity contribution >= 4 is 41.3 Å². The Morgan fingerprint density at radius 3 is 2.83 bits per heavy atom. The Hall–Kier alpha value is -0.410. The zero-order valence-electron chi connectivity index (χ0n) is 15.2. The van der Waals surface area contributed by atoms with Crippen molar-refractivity contribution in [1.82, 2.24) is 20.5 Å². The van der Waals surface area contributed by atoms with Crippen LogP contribution >= 0.6 is 35.3 Å². The molecule has 0 saturated carbocycles. The lowest BCUT2D eigenvalue weighted by molar-refractivity contribution is 0.159. The number of aliphatic imine (C=N–C) groups is 1. The van der Waals surface area contributed by atoms with Gasteiger partial charge in [0.05, 0.1) is 5.01 Å². The Balaban J connectivity index is 0.00000288. The van der Waals surface area contributed by atoms with Crippen LogP contribution in [0.5, 0.6) is 0 Å². The molecule has 1 aromatic heterocycles. The molecule has 1 fully saturated rings. The molecule has 2 rings (SSSR count). The van der Waals surface area contributed by atoms with Crippen molar-refractivity contribution in [1.29, 1.82) is 0 Å². The summed E-state index contributed by atoms with van der Waals surface area (Å²) in [6, 6.07) is 0.753. The van der Waals surface area contributed by atoms with Crippen LogP contribution in [0.2, 0.25) is 0 Å². The molecule has 1 unspecified atom stereocenters. The largest absolute Gasteiger partial charge is 0.356 e. The van der Waals surface area contributed by atoms with E-state index in [1.807, 2.05) is 13.2 Å². The summed E-state index contributed by atoms with van der Waals surface area (Å²) < 4.78 is 0. The lowest BCUT2D eigenvalue weighted by Crippen LogP contribution is -2.41. The number of hydrogen-bond donors (Lipinski definition) is 2. The minimum Gasteiger partial charge on any atom is -0.356 e. The summed E-state index contributed by atoms with van der Waals surface area (Å²) >= 11 is 1.77. The van der Waals surface area contributed by atoms with Crippen LogP contribution in [0, 0.1) is 6.92 Å². The highest BCUT2D eigenvalue weighted by Gasteiger charge is 2.17. The lowest BCUT2D eigenvalue weighted by Gasteiger charge is -2.33. The van der Waals surface area contributed by atoms with E-state index in [4.69, 9.17) is 0 Å². The van der Waals surface area contributed by atoms with Crippen LogP contribution in [0.4, 0.5) is 0 Å². The molecule has 0 spiro atoms. The van der Waals surface area contributed by atoms with Gasteiger partial charge < -0.3 is 15.5 Å². The van der Waals surface area contributed by atoms with E-state index in [-0.39, 0.29) is 24.0 Å². The van der Waals surface area contributed by atoms with E-state index < -0.39 is 0 Å². The first kappa shape index (κ1) is 21.6. The van der Waals surface area contributed by atoms with Gasteiger partial charge in [0.1, 0.15) is 0 Å². The quantitative estimate of drug-likeness (QED) is 0.281. The van der Waals surface area contributed by atoms with Crippen LogP contribution in [0.25, 0.3) is 0 Å². The molecule has 1 aliphatic rings. The van der Waals surface area contributed by atoms with Gasteiger partial charge in [-0.05, 0) is 39.7 Å². The van der Waals surface area contributed by atoms with Crippen LogP contribution in [-0.2, 0) is 6.42 Å². The van der Waals surface area contributed by atoms with E-state index in [0.29, 0.717) is 0 Å². The van der Waals surface area contributed by atoms with Crippen LogP contribution < -0.4 is 10.6 Å². The summed E-state index contributed by atoms with van der Waals surface area (Å²) in [4.78, 5) is 12.6. The van der Waals surface area contributed by atoms with Crippen molar-refractivity contribution in [3.05, 3.63) is 16.1 Å². The van der Waals surface area contributed by atoms with Gasteiger partial charge in [-0.25, -0.2) is 4.98 Å². The number of hydrogen-bond acceptors (Lipinski definition) is 4. The Morgan fingerprint density at radius 2 is 2.17 bits per heavy atom. The van der Waals surface area contributed by atoms with Gasteiger partial charge in [0, 0.05) is 50.2 Å². The van der Waals surface area contributed by atoms with Crippen LogP contribution in [-0.4, -0.2) is 55.1 Å². The van der Waals surface area contributed by atoms with Gasteiger partial charge in [0.25, 0.3) is 0 Å². The smallest absolute Gasteiger partial charge is 0.190 e. The van der Waals surface area contributed by atoms with Crippen molar-refractivity contribution in [2.45, 2.75) is 52.0 Å². The third-order valence-electron chi connectivity index (χ3n) is 4.38. The van der Waals surface area contributed by atoms with E-state index in [1.165, 1.54) is 42.2 Å². The van der Waals surface area contributed by atoms with Crippen molar-refractivity contribution in [3.8, 4) is 0 Å². The van der Waals surface area contributed by atoms with Crippen molar-refractivity contribution in [3.63, 3.8) is 0 Å². The van der Waals surface area contributed by atoms with Gasteiger partial charge in [-0.15, -0.1) is 35.3 Å². The molecular weight excluding hydrogens is 433 g/mol. The van der Waals surface area contributed by atoms with Gasteiger partial charge in [0.2, 0.25) is 0 Å². The minimum absolute atomic E-state index is 0. The molecule has 0 radical (unpaired) electrons. The minimum atomic E-state index is 0. The molecule has 1 atom stereocenters. The predicted molar refractivity (Wildman–Crippen MR) is 115 cm³/mol. The van der Waals surface area contributed by atoms with Crippen LogP contribution in [0.3, 0.4) is 0 Å². The molecule has 0 bridgehead atoms. The molecule has 24 heavy (non-hydrogen) atoms. The molecule has 1 aromatic rings. The second-order valence-corrected chi connectivity index (χ2v) is 7.59. The fourth-order valence-corrected chi connectivity index (χ4v) is 3.79. The fraction of sp³-hybridized carbons (Fsp3) is 0.765. The summed E-state index contributed by atoms with van der Waals surface area (Å²) in [6.07, 6.45) is 8.16. The SMILES string of the molecule is CN=C(NCCCN1CCCCC1C)NCCc1ncc(C)s1.I. The standard InChI is InChI=1S/C17H31N5S.HI/c1-14-7-4-5-11-22(14)12-6-9-19-17(18-3)20-10-8-16-21-13-15(2)23-16;/h13-14H,4-12H2,1-3H3,(H2,18,19,20);1H. The number of nitrogens with one attached hydrogen (secondary N) is 2. The first-order chi connectivity index (χ1) is 11.2. The number of rotatable bonds is 7. The van der Waals surface area contributed by atoms with Crippen molar-refractivity contribution in [2.75, 3.05) is 33.2 Å². The number of guanidine groups is 1. The van der Waals surface area contributed by atoms with Gasteiger partial charge >= 0.3 is 0 Å². The molecular formula is C17H32IN5S. The Kier molecular flexibility index (Phi) is 10.8. The van der Waals surface area contributed by atoms with Crippen molar-refractivity contribution in [2.24, 2.45) is 4.99 Å². The molecule has 5 nitrogen and oxygen atoms in total. The molecule has 1 saturated heterocycles. The number of aromatic nitrogens is 1. The van der Waals surface area contributed by atoms with E-state index in [2.05, 4.69) is 39.4 Å². The molecule has 1 aliphatic heterocycles. The number of thiazole rings is 1. The van der Waals surface area contributed by atoms with E-state index >= 15 is 0 Å². The first-order valence-corrected chi connectivity index (χ1v) is 9.60. The normalized spacial score (nSPS) is 19.0. The summed E-state index contributed by atoms with van der Waals surface area (Å²) in [5.74, 6) is 0.893. The average molecular weight is 465 g/mol. The number of aryl methyl sites for hydroxylation is 1. The predicted octanol–water partition coefficient (Wildman–Crippen LogP) is 3.04. The fourth-order valence-electron chi connectivity index (χ4n) is 3.00. The lowest BCUT2D eigenvalue weighted by atomic mass is 10.0. The number of halogens is 1. The van der Waals surface area contributed by atoms with Gasteiger partial charge in [0.15, 0.2) is 5.96 Å². The highest BCUT2D eigenvalue weighted by Crippen LogP contribution is 2.16. The summed E-state index contributed by atoms with van der Waals surface area (Å²) in [5.41, 5.74) is 0. The second-order valence-electron chi connectivity index (χ2n) is 6.27. The van der Waals surface area contributed by atoms with E-state index in [1.54, 1.807) is 11.3 Å². The zero-order chi connectivity index (χ0) is 16.5. The van der Waals surface area contributed by atoms with Gasteiger partial charge in [-0.2, -0.15) is 0 Å². The molecule has 0 aliphatic carbocycles. The second kappa shape index (κ2) is 12.0. The zero-order valence-corrected chi connectivity index (χ0v) is 18.3. The molecule has 0 aromatic carbocycles. The first-order valence-electron chi connectivity index (χ1n) is 8.79. The topological polar surface area (TPSA) is 52.6 Å². The summed E-state index contributed by atoms with van der Waals surface area (Å²) in [7, 11) is 1.83. The summed E-state index contributed by atoms with van der Waals surface area (Å²) in [5, 5.41) is 7.96. The molecule has 2 N–H and O–H groups in total. The van der Waals surface area contributed by atoms with Gasteiger partial charge in [-0.3, -0.25) is 4.99 Å². The molecule has 7 heteroatoms. The van der Waals surface area contributed by atoms with Crippen LogP contribution in [0.1, 0.15) is 42.5 Å². The van der Waals surface area contributed by atoms with Crippen LogP contribution in [0.15, 0.2) is 11.2 Å². The third-order valence-corrected chi connectivity index (χ3v) is 5.35. The van der Waals surface area contributed by atoms with Gasteiger partial charge in [-0.1, -0.05) is 6.42 Å². The molecule has 0 amide bonds. The Labute approximate surface area is 167 Å². The highest BCUT2D eigenvalue weighted by molar-refractivity contribution is 14.0. The molecule has 2 heterocycles. The maximum Gasteiger partial charge on any atom is 0.190 e. The van der Waals surface area contributed by atoms with E-state index in [0.717, 1.165) is 37.9 Å². The highest BCUT2D eigenvalue weighted by atomic mass is 127. The number of likely N-dealkylation sites (tertiary alicyclic amines) is 1. The Bertz CT molecular complexity index is 491. The number of nitrogens with zero attached hydrogens (tertiary/aromatic N) is 3. The monoisotopic (exact) mass is 465 g/mol. The Morgan fingerprint density at radius 1 is 1.38 bits per heavy atom. The third kappa shape index (κ3) is 7.65. The maximum atomic E-state index is 4.39. The van der Waals surface area contributed by atoms with E-state index in [9.17, 15) is 0 Å². The molecule has 138 valence electrons.